The molecule has 1 saturated heterocycles. The summed E-state index contributed by atoms with van der Waals surface area (Å²) in [6.07, 6.45) is 3.10. The second kappa shape index (κ2) is 9.26. The van der Waals surface area contributed by atoms with Crippen LogP contribution in [-0.2, 0) is 6.54 Å². The van der Waals surface area contributed by atoms with E-state index < -0.39 is 0 Å². The molecule has 10 heteroatoms. The number of benzene rings is 1. The Morgan fingerprint density at radius 3 is 2.73 bits per heavy atom. The Morgan fingerprint density at radius 1 is 1.15 bits per heavy atom. The number of aryl methyl sites for hydroxylation is 1. The van der Waals surface area contributed by atoms with Crippen LogP contribution in [0.25, 0.3) is 10.2 Å². The molecule has 0 radical (unpaired) electrons. The molecule has 1 amide bonds. The SMILES string of the molecule is Cc1csc2ncnc(Nc3cn[nH]c3C(=O)Nc3ccc(CN4CCN(C)CC4)cc3)c12. The summed E-state index contributed by atoms with van der Waals surface area (Å²) >= 11 is 1.57. The van der Waals surface area contributed by atoms with Crippen LogP contribution in [0.15, 0.2) is 42.2 Å². The Labute approximate surface area is 195 Å². The number of H-pyrrole nitrogens is 1. The first kappa shape index (κ1) is 21.5. The highest BCUT2D eigenvalue weighted by molar-refractivity contribution is 7.17. The highest BCUT2D eigenvalue weighted by atomic mass is 32.1. The molecular formula is C23H26N8OS. The summed E-state index contributed by atoms with van der Waals surface area (Å²) in [5, 5.41) is 16.0. The van der Waals surface area contributed by atoms with Gasteiger partial charge < -0.3 is 15.5 Å². The number of anilines is 3. The van der Waals surface area contributed by atoms with E-state index in [2.05, 4.69) is 59.8 Å². The third kappa shape index (κ3) is 4.72. The van der Waals surface area contributed by atoms with Gasteiger partial charge in [0.1, 0.15) is 22.7 Å². The molecule has 0 atom stereocenters. The van der Waals surface area contributed by atoms with Crippen molar-refractivity contribution >= 4 is 44.7 Å². The molecule has 1 aliphatic heterocycles. The third-order valence-electron chi connectivity index (χ3n) is 5.89. The number of aromatic nitrogens is 4. The van der Waals surface area contributed by atoms with Gasteiger partial charge in [-0.2, -0.15) is 5.10 Å². The third-order valence-corrected chi connectivity index (χ3v) is 6.89. The number of aromatic amines is 1. The second-order valence-electron chi connectivity index (χ2n) is 8.34. The zero-order valence-corrected chi connectivity index (χ0v) is 19.4. The normalized spacial score (nSPS) is 15.1. The molecule has 170 valence electrons. The first-order valence-electron chi connectivity index (χ1n) is 10.9. The van der Waals surface area contributed by atoms with Crippen molar-refractivity contribution in [2.75, 3.05) is 43.9 Å². The van der Waals surface area contributed by atoms with Gasteiger partial charge in [0.05, 0.1) is 17.3 Å². The molecule has 3 aromatic heterocycles. The van der Waals surface area contributed by atoms with Gasteiger partial charge in [0.15, 0.2) is 0 Å². The first-order valence-corrected chi connectivity index (χ1v) is 11.7. The van der Waals surface area contributed by atoms with E-state index in [1.807, 2.05) is 24.4 Å². The van der Waals surface area contributed by atoms with Gasteiger partial charge in [-0.05, 0) is 42.6 Å². The zero-order valence-electron chi connectivity index (χ0n) is 18.6. The van der Waals surface area contributed by atoms with Gasteiger partial charge in [-0.15, -0.1) is 11.3 Å². The monoisotopic (exact) mass is 462 g/mol. The maximum atomic E-state index is 12.9. The summed E-state index contributed by atoms with van der Waals surface area (Å²) in [4.78, 5) is 27.3. The van der Waals surface area contributed by atoms with Crippen LogP contribution in [0.4, 0.5) is 17.2 Å². The Balaban J connectivity index is 1.25. The smallest absolute Gasteiger partial charge is 0.275 e. The van der Waals surface area contributed by atoms with Crippen molar-refractivity contribution in [2.24, 2.45) is 0 Å². The minimum atomic E-state index is -0.269. The predicted molar refractivity (Wildman–Crippen MR) is 131 cm³/mol. The van der Waals surface area contributed by atoms with Crippen molar-refractivity contribution in [2.45, 2.75) is 13.5 Å². The van der Waals surface area contributed by atoms with Crippen LogP contribution < -0.4 is 10.6 Å². The van der Waals surface area contributed by atoms with Gasteiger partial charge in [-0.25, -0.2) is 9.97 Å². The second-order valence-corrected chi connectivity index (χ2v) is 9.19. The Morgan fingerprint density at radius 2 is 1.94 bits per heavy atom. The number of hydrogen-bond donors (Lipinski definition) is 3. The number of hydrogen-bond acceptors (Lipinski definition) is 8. The molecule has 4 heterocycles. The molecule has 1 aliphatic rings. The number of likely N-dealkylation sites (N-methyl/N-ethyl adjacent to an activating group) is 1. The van der Waals surface area contributed by atoms with E-state index in [0.29, 0.717) is 17.2 Å². The number of carbonyl (C=O) groups is 1. The molecule has 0 unspecified atom stereocenters. The Hall–Kier alpha value is -3.34. The van der Waals surface area contributed by atoms with E-state index >= 15 is 0 Å². The summed E-state index contributed by atoms with van der Waals surface area (Å²) in [7, 11) is 2.16. The predicted octanol–water partition coefficient (Wildman–Crippen LogP) is 3.47. The van der Waals surface area contributed by atoms with E-state index in [9.17, 15) is 4.79 Å². The van der Waals surface area contributed by atoms with Gasteiger partial charge in [-0.1, -0.05) is 12.1 Å². The number of nitrogens with one attached hydrogen (secondary N) is 3. The highest BCUT2D eigenvalue weighted by Gasteiger charge is 2.18. The summed E-state index contributed by atoms with van der Waals surface area (Å²) < 4.78 is 0. The lowest BCUT2D eigenvalue weighted by Crippen LogP contribution is -2.43. The number of piperazine rings is 1. The van der Waals surface area contributed by atoms with Gasteiger partial charge in [0.25, 0.3) is 5.91 Å². The summed E-state index contributed by atoms with van der Waals surface area (Å²) in [5.74, 6) is 0.386. The number of nitrogens with zero attached hydrogens (tertiary/aromatic N) is 5. The quantitative estimate of drug-likeness (QED) is 0.403. The van der Waals surface area contributed by atoms with Crippen LogP contribution in [0.5, 0.6) is 0 Å². The Bertz CT molecular complexity index is 1260. The average molecular weight is 463 g/mol. The first-order chi connectivity index (χ1) is 16.1. The minimum Gasteiger partial charge on any atom is -0.336 e. The molecule has 33 heavy (non-hydrogen) atoms. The van der Waals surface area contributed by atoms with Gasteiger partial charge >= 0.3 is 0 Å². The van der Waals surface area contributed by atoms with Crippen molar-refractivity contribution in [3.8, 4) is 0 Å². The van der Waals surface area contributed by atoms with Gasteiger partial charge in [0.2, 0.25) is 0 Å². The van der Waals surface area contributed by atoms with E-state index in [4.69, 9.17) is 0 Å². The lowest BCUT2D eigenvalue weighted by molar-refractivity contribution is 0.102. The number of thiophene rings is 1. The van der Waals surface area contributed by atoms with Crippen LogP contribution in [0, 0.1) is 6.92 Å². The molecule has 0 saturated carbocycles. The summed E-state index contributed by atoms with van der Waals surface area (Å²) in [6.45, 7) is 7.29. The van der Waals surface area contributed by atoms with Crippen LogP contribution in [0.1, 0.15) is 21.6 Å². The zero-order chi connectivity index (χ0) is 22.8. The highest BCUT2D eigenvalue weighted by Crippen LogP contribution is 2.31. The van der Waals surface area contributed by atoms with Crippen LogP contribution in [0.2, 0.25) is 0 Å². The molecule has 5 rings (SSSR count). The molecule has 0 aliphatic carbocycles. The summed E-state index contributed by atoms with van der Waals surface area (Å²) in [5.41, 5.74) is 3.96. The number of amides is 1. The van der Waals surface area contributed by atoms with E-state index in [1.54, 1.807) is 17.5 Å². The molecule has 3 N–H and O–H groups in total. The Kier molecular flexibility index (Phi) is 6.03. The van der Waals surface area contributed by atoms with E-state index in [-0.39, 0.29) is 5.91 Å². The van der Waals surface area contributed by atoms with Crippen LogP contribution >= 0.6 is 11.3 Å². The van der Waals surface area contributed by atoms with E-state index in [0.717, 1.165) is 54.2 Å². The standard InChI is InChI=1S/C23H26N8OS/c1-15-13-33-23-19(15)21(24-14-25-23)28-18-11-26-29-20(18)22(32)27-17-5-3-16(4-6-17)12-31-9-7-30(2)8-10-31/h3-6,11,13-14H,7-10,12H2,1-2H3,(H,26,29)(H,27,32)(H,24,25,28). The maximum Gasteiger partial charge on any atom is 0.275 e. The van der Waals surface area contributed by atoms with Crippen molar-refractivity contribution < 1.29 is 4.79 Å². The maximum absolute atomic E-state index is 12.9. The average Bonchev–Trinajstić information content (AvgIpc) is 3.44. The van der Waals surface area contributed by atoms with E-state index in [1.165, 1.54) is 11.9 Å². The van der Waals surface area contributed by atoms with Gasteiger partial charge in [-0.3, -0.25) is 14.8 Å². The molecule has 4 aromatic rings. The molecule has 9 nitrogen and oxygen atoms in total. The molecule has 1 aromatic carbocycles. The minimum absolute atomic E-state index is 0.269. The lowest BCUT2D eigenvalue weighted by atomic mass is 10.1. The van der Waals surface area contributed by atoms with Crippen molar-refractivity contribution in [1.82, 2.24) is 30.0 Å². The fourth-order valence-corrected chi connectivity index (χ4v) is 4.83. The topological polar surface area (TPSA) is 102 Å². The fraction of sp³-hybridized carbons (Fsp3) is 0.304. The van der Waals surface area contributed by atoms with Crippen molar-refractivity contribution in [1.29, 1.82) is 0 Å². The molecule has 0 spiro atoms. The number of carbonyl (C=O) groups excluding carboxylic acids is 1. The largest absolute Gasteiger partial charge is 0.336 e. The molecule has 1 fully saturated rings. The molecular weight excluding hydrogens is 436 g/mol. The lowest BCUT2D eigenvalue weighted by Gasteiger charge is -2.32. The van der Waals surface area contributed by atoms with Crippen molar-refractivity contribution in [3.63, 3.8) is 0 Å². The van der Waals surface area contributed by atoms with Gasteiger partial charge in [0, 0.05) is 38.4 Å². The number of rotatable bonds is 6. The summed E-state index contributed by atoms with van der Waals surface area (Å²) in [6, 6.07) is 8.01. The number of fused-ring (bicyclic) bond motifs is 1. The van der Waals surface area contributed by atoms with Crippen LogP contribution in [0.3, 0.4) is 0 Å². The fourth-order valence-electron chi connectivity index (χ4n) is 3.94. The van der Waals surface area contributed by atoms with Crippen molar-refractivity contribution in [3.05, 3.63) is 59.0 Å². The van der Waals surface area contributed by atoms with Crippen LogP contribution in [-0.4, -0.2) is 69.1 Å². The molecule has 0 bridgehead atoms.